The van der Waals surface area contributed by atoms with Crippen LogP contribution in [0.1, 0.15) is 76.7 Å². The summed E-state index contributed by atoms with van der Waals surface area (Å²) in [6.45, 7) is 14.3. The van der Waals surface area contributed by atoms with Gasteiger partial charge in [-0.15, -0.1) is 0 Å². The van der Waals surface area contributed by atoms with Gasteiger partial charge in [-0.3, -0.25) is 0 Å². The van der Waals surface area contributed by atoms with E-state index in [1.807, 2.05) is 6.92 Å². The van der Waals surface area contributed by atoms with Crippen molar-refractivity contribution in [3.8, 4) is 5.75 Å². The Bertz CT molecular complexity index is 610. The van der Waals surface area contributed by atoms with Gasteiger partial charge in [0, 0.05) is 11.5 Å². The van der Waals surface area contributed by atoms with Crippen molar-refractivity contribution in [1.29, 1.82) is 0 Å². The molecule has 0 saturated carbocycles. The molecule has 0 saturated heterocycles. The molecule has 1 N–H and O–H groups in total. The third-order valence-electron chi connectivity index (χ3n) is 4.68. The van der Waals surface area contributed by atoms with E-state index in [2.05, 4.69) is 40.7 Å². The summed E-state index contributed by atoms with van der Waals surface area (Å²) in [5, 5.41) is 10.1. The largest absolute Gasteiger partial charge is 0.507 e. The maximum atomic E-state index is 11.8. The minimum absolute atomic E-state index is 0.0728. The molecule has 130 valence electrons. The highest BCUT2D eigenvalue weighted by Gasteiger charge is 2.20. The second kappa shape index (κ2) is 8.37. The van der Waals surface area contributed by atoms with E-state index in [0.717, 1.165) is 19.3 Å². The SMILES string of the molecule is CCC(C)/C=C(\C)CC(C)CC(C)c1oc(=O)c(C)c(O)c1C. The van der Waals surface area contributed by atoms with Crippen molar-refractivity contribution in [2.45, 2.75) is 73.6 Å². The van der Waals surface area contributed by atoms with Crippen LogP contribution >= 0.6 is 0 Å². The first-order valence-electron chi connectivity index (χ1n) is 8.67. The molecule has 23 heavy (non-hydrogen) atoms. The van der Waals surface area contributed by atoms with Crippen LogP contribution in [-0.4, -0.2) is 5.11 Å². The molecule has 0 aliphatic heterocycles. The highest BCUT2D eigenvalue weighted by Crippen LogP contribution is 2.32. The van der Waals surface area contributed by atoms with Crippen molar-refractivity contribution >= 4 is 0 Å². The van der Waals surface area contributed by atoms with E-state index < -0.39 is 5.63 Å². The van der Waals surface area contributed by atoms with Gasteiger partial charge in [0.2, 0.25) is 0 Å². The average molecular weight is 320 g/mol. The van der Waals surface area contributed by atoms with Crippen molar-refractivity contribution in [3.05, 3.63) is 39.0 Å². The number of rotatable bonds is 7. The molecule has 0 radical (unpaired) electrons. The van der Waals surface area contributed by atoms with Crippen molar-refractivity contribution in [2.75, 3.05) is 0 Å². The summed E-state index contributed by atoms with van der Waals surface area (Å²) >= 11 is 0. The van der Waals surface area contributed by atoms with E-state index in [-0.39, 0.29) is 11.7 Å². The lowest BCUT2D eigenvalue weighted by Crippen LogP contribution is -2.11. The Morgan fingerprint density at radius 3 is 2.39 bits per heavy atom. The zero-order valence-electron chi connectivity index (χ0n) is 15.7. The first-order valence-corrected chi connectivity index (χ1v) is 8.67. The van der Waals surface area contributed by atoms with E-state index in [9.17, 15) is 9.90 Å². The lowest BCUT2D eigenvalue weighted by atomic mass is 9.88. The molecule has 0 fully saturated rings. The molecule has 1 heterocycles. The second-order valence-corrected chi connectivity index (χ2v) is 7.20. The van der Waals surface area contributed by atoms with Crippen LogP contribution in [0.2, 0.25) is 0 Å². The zero-order valence-corrected chi connectivity index (χ0v) is 15.7. The summed E-state index contributed by atoms with van der Waals surface area (Å²) in [4.78, 5) is 11.8. The Morgan fingerprint density at radius 2 is 1.83 bits per heavy atom. The lowest BCUT2D eigenvalue weighted by Gasteiger charge is -2.19. The predicted octanol–water partition coefficient (Wildman–Crippen LogP) is 5.47. The van der Waals surface area contributed by atoms with Gasteiger partial charge in [-0.2, -0.15) is 0 Å². The van der Waals surface area contributed by atoms with Crippen molar-refractivity contribution in [3.63, 3.8) is 0 Å². The van der Waals surface area contributed by atoms with E-state index in [0.29, 0.717) is 28.7 Å². The lowest BCUT2D eigenvalue weighted by molar-refractivity contribution is 0.365. The van der Waals surface area contributed by atoms with Gasteiger partial charge in [0.25, 0.3) is 0 Å². The van der Waals surface area contributed by atoms with Crippen LogP contribution in [0.15, 0.2) is 20.9 Å². The topological polar surface area (TPSA) is 50.4 Å². The third-order valence-corrected chi connectivity index (χ3v) is 4.68. The highest BCUT2D eigenvalue weighted by molar-refractivity contribution is 5.39. The van der Waals surface area contributed by atoms with Gasteiger partial charge < -0.3 is 9.52 Å². The predicted molar refractivity (Wildman–Crippen MR) is 96.1 cm³/mol. The number of allylic oxidation sites excluding steroid dienone is 2. The molecule has 3 heteroatoms. The van der Waals surface area contributed by atoms with Gasteiger partial charge in [0.05, 0.1) is 5.56 Å². The Kier molecular flexibility index (Phi) is 7.11. The number of hydrogen-bond acceptors (Lipinski definition) is 3. The Morgan fingerprint density at radius 1 is 1.22 bits per heavy atom. The van der Waals surface area contributed by atoms with Gasteiger partial charge in [-0.25, -0.2) is 4.79 Å². The van der Waals surface area contributed by atoms with Crippen LogP contribution in [0.5, 0.6) is 5.75 Å². The van der Waals surface area contributed by atoms with Crippen LogP contribution in [0.4, 0.5) is 0 Å². The van der Waals surface area contributed by atoms with Crippen LogP contribution in [0.3, 0.4) is 0 Å². The first-order chi connectivity index (χ1) is 10.7. The zero-order chi connectivity index (χ0) is 17.7. The van der Waals surface area contributed by atoms with Gasteiger partial charge in [-0.1, -0.05) is 45.8 Å². The molecular formula is C20H32O3. The fourth-order valence-corrected chi connectivity index (χ4v) is 3.23. The normalized spacial score (nSPS) is 16.2. The maximum absolute atomic E-state index is 11.8. The molecule has 1 aromatic heterocycles. The maximum Gasteiger partial charge on any atom is 0.342 e. The average Bonchev–Trinajstić information content (AvgIpc) is 2.47. The molecule has 0 spiro atoms. The molecule has 1 rings (SSSR count). The van der Waals surface area contributed by atoms with Crippen LogP contribution < -0.4 is 5.63 Å². The van der Waals surface area contributed by atoms with Gasteiger partial charge in [0.1, 0.15) is 11.5 Å². The molecule has 0 bridgehead atoms. The monoisotopic (exact) mass is 320 g/mol. The summed E-state index contributed by atoms with van der Waals surface area (Å²) in [6, 6.07) is 0. The second-order valence-electron chi connectivity index (χ2n) is 7.20. The summed E-state index contributed by atoms with van der Waals surface area (Å²) in [7, 11) is 0. The quantitative estimate of drug-likeness (QED) is 0.677. The molecule has 0 amide bonds. The molecule has 0 aliphatic carbocycles. The fraction of sp³-hybridized carbons (Fsp3) is 0.650. The molecular weight excluding hydrogens is 288 g/mol. The standard InChI is InChI=1S/C20H32O3/c1-8-12(2)9-13(3)10-14(4)11-15(5)19-16(6)18(21)17(7)20(22)23-19/h9,12,14-15,21H,8,10-11H2,1-7H3/b13-9+. The molecule has 3 unspecified atom stereocenters. The molecule has 3 nitrogen and oxygen atoms in total. The number of hydrogen-bond donors (Lipinski definition) is 1. The molecule has 0 aliphatic rings. The van der Waals surface area contributed by atoms with Crippen LogP contribution in [-0.2, 0) is 0 Å². The van der Waals surface area contributed by atoms with Gasteiger partial charge >= 0.3 is 5.63 Å². The molecule has 3 atom stereocenters. The Balaban J connectivity index is 2.82. The van der Waals surface area contributed by atoms with Gasteiger partial charge in [0.15, 0.2) is 0 Å². The highest BCUT2D eigenvalue weighted by atomic mass is 16.4. The third kappa shape index (κ3) is 5.26. The Hall–Kier alpha value is -1.51. The molecule has 0 aromatic carbocycles. The Labute approximate surface area is 140 Å². The van der Waals surface area contributed by atoms with Crippen molar-refractivity contribution < 1.29 is 9.52 Å². The molecule has 1 aromatic rings. The van der Waals surface area contributed by atoms with Crippen molar-refractivity contribution in [2.24, 2.45) is 11.8 Å². The summed E-state index contributed by atoms with van der Waals surface area (Å²) < 4.78 is 5.44. The van der Waals surface area contributed by atoms with Crippen LogP contribution in [0.25, 0.3) is 0 Å². The minimum Gasteiger partial charge on any atom is -0.507 e. The number of aromatic hydroxyl groups is 1. The van der Waals surface area contributed by atoms with Crippen LogP contribution in [0, 0.1) is 25.7 Å². The van der Waals surface area contributed by atoms with Crippen molar-refractivity contribution in [1.82, 2.24) is 0 Å². The van der Waals surface area contributed by atoms with Gasteiger partial charge in [-0.05, 0) is 45.4 Å². The van der Waals surface area contributed by atoms with E-state index in [1.54, 1.807) is 6.92 Å². The van der Waals surface area contributed by atoms with E-state index >= 15 is 0 Å². The summed E-state index contributed by atoms with van der Waals surface area (Å²) in [5.74, 6) is 1.92. The fourth-order valence-electron chi connectivity index (χ4n) is 3.23. The summed E-state index contributed by atoms with van der Waals surface area (Å²) in [6.07, 6.45) is 5.49. The summed E-state index contributed by atoms with van der Waals surface area (Å²) in [5.41, 5.74) is 1.96. The van der Waals surface area contributed by atoms with E-state index in [1.165, 1.54) is 5.57 Å². The van der Waals surface area contributed by atoms with E-state index in [4.69, 9.17) is 4.42 Å². The minimum atomic E-state index is -0.435. The first kappa shape index (κ1) is 19.5. The smallest absolute Gasteiger partial charge is 0.342 e.